The maximum atomic E-state index is 12.4. The second-order valence-electron chi connectivity index (χ2n) is 6.09. The van der Waals surface area contributed by atoms with E-state index in [1.54, 1.807) is 6.08 Å². The number of hydrogen-bond donors (Lipinski definition) is 1. The van der Waals surface area contributed by atoms with Crippen LogP contribution in [0.25, 0.3) is 10.8 Å². The van der Waals surface area contributed by atoms with E-state index in [4.69, 9.17) is 0 Å². The van der Waals surface area contributed by atoms with E-state index in [0.29, 0.717) is 5.69 Å². The van der Waals surface area contributed by atoms with Crippen LogP contribution in [0.5, 0.6) is 0 Å². The topological polar surface area (TPSA) is 52.9 Å². The van der Waals surface area contributed by atoms with E-state index in [1.165, 1.54) is 11.1 Å². The lowest BCUT2D eigenvalue weighted by Gasteiger charge is -2.06. The summed E-state index contributed by atoms with van der Waals surface area (Å²) >= 11 is 0. The van der Waals surface area contributed by atoms with Gasteiger partial charge in [0, 0.05) is 5.69 Å². The van der Waals surface area contributed by atoms with Gasteiger partial charge in [-0.2, -0.15) is 5.26 Å². The summed E-state index contributed by atoms with van der Waals surface area (Å²) in [4.78, 5) is 12.4. The summed E-state index contributed by atoms with van der Waals surface area (Å²) < 4.78 is 0. The summed E-state index contributed by atoms with van der Waals surface area (Å²) in [6.45, 7) is 4.07. The van der Waals surface area contributed by atoms with Gasteiger partial charge in [-0.3, -0.25) is 4.79 Å². The third kappa shape index (κ3) is 3.28. The molecule has 1 amide bonds. The first kappa shape index (κ1) is 15.8. The van der Waals surface area contributed by atoms with Crippen molar-refractivity contribution >= 4 is 22.4 Å². The molecule has 118 valence electrons. The summed E-state index contributed by atoms with van der Waals surface area (Å²) in [5.74, 6) is -0.383. The molecule has 0 heterocycles. The number of amides is 1. The molecule has 24 heavy (non-hydrogen) atoms. The molecule has 0 saturated carbocycles. The van der Waals surface area contributed by atoms with Crippen molar-refractivity contribution in [3.05, 3.63) is 76.9 Å². The fraction of sp³-hybridized carbons (Fsp3) is 0.143. The van der Waals surface area contributed by atoms with Gasteiger partial charge in [-0.1, -0.05) is 47.6 Å². The molecule has 0 radical (unpaired) electrons. The highest BCUT2D eigenvalue weighted by atomic mass is 16.1. The van der Waals surface area contributed by atoms with Crippen LogP contribution >= 0.6 is 0 Å². The molecular formula is C21H18N2O. The van der Waals surface area contributed by atoms with Crippen LogP contribution in [0, 0.1) is 11.3 Å². The SMILES string of the molecule is CC1=CC(/C=C(/C#N)C(=O)Nc2ccc3ccccc3c2)=C(C)C1. The molecule has 1 aliphatic carbocycles. The highest BCUT2D eigenvalue weighted by molar-refractivity contribution is 6.07. The summed E-state index contributed by atoms with van der Waals surface area (Å²) in [6, 6.07) is 15.7. The first-order chi connectivity index (χ1) is 11.6. The first-order valence-corrected chi connectivity index (χ1v) is 7.85. The van der Waals surface area contributed by atoms with Gasteiger partial charge in [-0.15, -0.1) is 0 Å². The third-order valence-corrected chi connectivity index (χ3v) is 4.11. The number of rotatable bonds is 3. The van der Waals surface area contributed by atoms with Crippen molar-refractivity contribution in [2.75, 3.05) is 5.32 Å². The van der Waals surface area contributed by atoms with Gasteiger partial charge in [0.05, 0.1) is 0 Å². The smallest absolute Gasteiger partial charge is 0.266 e. The second kappa shape index (κ2) is 6.55. The molecule has 0 unspecified atom stereocenters. The number of anilines is 1. The van der Waals surface area contributed by atoms with Crippen molar-refractivity contribution in [1.29, 1.82) is 5.26 Å². The Bertz CT molecular complexity index is 955. The van der Waals surface area contributed by atoms with E-state index in [9.17, 15) is 10.1 Å². The lowest BCUT2D eigenvalue weighted by Crippen LogP contribution is -2.13. The number of hydrogen-bond acceptors (Lipinski definition) is 2. The zero-order valence-electron chi connectivity index (χ0n) is 13.8. The molecule has 1 aliphatic rings. The molecule has 0 bridgehead atoms. The Kier molecular flexibility index (Phi) is 4.31. The Balaban J connectivity index is 1.84. The molecule has 0 aromatic heterocycles. The number of nitriles is 1. The zero-order chi connectivity index (χ0) is 17.1. The van der Waals surface area contributed by atoms with E-state index in [0.717, 1.165) is 22.8 Å². The standard InChI is InChI=1S/C21H18N2O/c1-14-9-15(2)18(10-14)11-19(13-22)21(24)23-20-8-7-16-5-3-4-6-17(16)12-20/h3-8,10-12H,9H2,1-2H3,(H,23,24)/b19-11-. The van der Waals surface area contributed by atoms with E-state index < -0.39 is 0 Å². The van der Waals surface area contributed by atoms with Gasteiger partial charge in [0.2, 0.25) is 0 Å². The summed E-state index contributed by atoms with van der Waals surface area (Å²) in [6.07, 6.45) is 4.59. The number of allylic oxidation sites excluding steroid dienone is 5. The molecule has 3 rings (SSSR count). The number of carbonyl (C=O) groups is 1. The summed E-state index contributed by atoms with van der Waals surface area (Å²) in [7, 11) is 0. The van der Waals surface area contributed by atoms with Crippen molar-refractivity contribution < 1.29 is 4.79 Å². The highest BCUT2D eigenvalue weighted by Gasteiger charge is 2.13. The first-order valence-electron chi connectivity index (χ1n) is 7.85. The predicted molar refractivity (Wildman–Crippen MR) is 97.3 cm³/mol. The molecule has 1 N–H and O–H groups in total. The van der Waals surface area contributed by atoms with Crippen LogP contribution in [0.15, 0.2) is 76.9 Å². The van der Waals surface area contributed by atoms with Gasteiger partial charge < -0.3 is 5.32 Å². The minimum atomic E-state index is -0.383. The fourth-order valence-electron chi connectivity index (χ4n) is 2.89. The van der Waals surface area contributed by atoms with E-state index in [2.05, 4.69) is 5.32 Å². The minimum Gasteiger partial charge on any atom is -0.321 e. The number of nitrogens with one attached hydrogen (secondary N) is 1. The number of carbonyl (C=O) groups excluding carboxylic acids is 1. The molecule has 0 atom stereocenters. The maximum absolute atomic E-state index is 12.4. The van der Waals surface area contributed by atoms with Gasteiger partial charge in [0.1, 0.15) is 11.6 Å². The minimum absolute atomic E-state index is 0.114. The third-order valence-electron chi connectivity index (χ3n) is 4.11. The van der Waals surface area contributed by atoms with Crippen LogP contribution in [0.4, 0.5) is 5.69 Å². The normalized spacial score (nSPS) is 14.5. The van der Waals surface area contributed by atoms with Gasteiger partial charge in [0.25, 0.3) is 5.91 Å². The van der Waals surface area contributed by atoms with Gasteiger partial charge in [0.15, 0.2) is 0 Å². The van der Waals surface area contributed by atoms with Gasteiger partial charge >= 0.3 is 0 Å². The Morgan fingerprint density at radius 1 is 1.17 bits per heavy atom. The van der Waals surface area contributed by atoms with Crippen LogP contribution in [0.1, 0.15) is 20.3 Å². The average Bonchev–Trinajstić information content (AvgIpc) is 2.89. The van der Waals surface area contributed by atoms with Gasteiger partial charge in [-0.25, -0.2) is 0 Å². The highest BCUT2D eigenvalue weighted by Crippen LogP contribution is 2.26. The lowest BCUT2D eigenvalue weighted by molar-refractivity contribution is -0.112. The van der Waals surface area contributed by atoms with E-state index >= 15 is 0 Å². The molecule has 3 heteroatoms. The lowest BCUT2D eigenvalue weighted by atomic mass is 10.1. The van der Waals surface area contributed by atoms with Crippen molar-refractivity contribution in [2.45, 2.75) is 20.3 Å². The van der Waals surface area contributed by atoms with E-state index in [-0.39, 0.29) is 11.5 Å². The molecular weight excluding hydrogens is 296 g/mol. The molecule has 2 aromatic carbocycles. The van der Waals surface area contributed by atoms with Crippen LogP contribution in [0.2, 0.25) is 0 Å². The maximum Gasteiger partial charge on any atom is 0.266 e. The van der Waals surface area contributed by atoms with Crippen LogP contribution in [0.3, 0.4) is 0 Å². The Hall–Kier alpha value is -3.12. The van der Waals surface area contributed by atoms with Crippen molar-refractivity contribution in [2.24, 2.45) is 0 Å². The molecule has 0 saturated heterocycles. The Labute approximate surface area is 141 Å². The van der Waals surface area contributed by atoms with Crippen molar-refractivity contribution in [3.63, 3.8) is 0 Å². The quantitative estimate of drug-likeness (QED) is 0.647. The average molecular weight is 314 g/mol. The summed E-state index contributed by atoms with van der Waals surface area (Å²) in [5, 5.41) is 14.3. The summed E-state index contributed by atoms with van der Waals surface area (Å²) in [5.41, 5.74) is 4.18. The van der Waals surface area contributed by atoms with E-state index in [1.807, 2.05) is 68.5 Å². The van der Waals surface area contributed by atoms with Crippen LogP contribution in [-0.2, 0) is 4.79 Å². The number of benzene rings is 2. The monoisotopic (exact) mass is 314 g/mol. The zero-order valence-corrected chi connectivity index (χ0v) is 13.8. The molecule has 0 spiro atoms. The molecule has 0 fully saturated rings. The van der Waals surface area contributed by atoms with Crippen molar-refractivity contribution in [3.8, 4) is 6.07 Å². The van der Waals surface area contributed by atoms with Crippen LogP contribution in [-0.4, -0.2) is 5.91 Å². The fourth-order valence-corrected chi connectivity index (χ4v) is 2.89. The number of nitrogens with zero attached hydrogens (tertiary/aromatic N) is 1. The van der Waals surface area contributed by atoms with Gasteiger partial charge in [-0.05, 0) is 54.8 Å². The largest absolute Gasteiger partial charge is 0.321 e. The Morgan fingerprint density at radius 3 is 2.58 bits per heavy atom. The van der Waals surface area contributed by atoms with Crippen molar-refractivity contribution in [1.82, 2.24) is 0 Å². The molecule has 2 aromatic rings. The number of fused-ring (bicyclic) bond motifs is 1. The molecule has 3 nitrogen and oxygen atoms in total. The molecule has 0 aliphatic heterocycles. The predicted octanol–water partition coefficient (Wildman–Crippen LogP) is 4.89. The van der Waals surface area contributed by atoms with Crippen LogP contribution < -0.4 is 5.32 Å². The second-order valence-corrected chi connectivity index (χ2v) is 6.09. The Morgan fingerprint density at radius 2 is 1.92 bits per heavy atom.